The zero-order valence-corrected chi connectivity index (χ0v) is 24.3. The molecule has 0 fully saturated rings. The van der Waals surface area contributed by atoms with E-state index in [9.17, 15) is 26.8 Å². The Kier molecular flexibility index (Phi) is 10.8. The van der Waals surface area contributed by atoms with Crippen LogP contribution >= 0.6 is 0 Å². The molecule has 0 radical (unpaired) electrons. The lowest BCUT2D eigenvalue weighted by Crippen LogP contribution is -2.52. The highest BCUT2D eigenvalue weighted by atomic mass is 32.2. The SMILES string of the molecule is CCOc1ccc(S(=O)(=O)N(CC(=O)N(Cc2ccc(F)cc2)[C@@H](C)C(=O)N[C@H](C)CC)c2ccc(F)cc2)cc1. The van der Waals surface area contributed by atoms with Gasteiger partial charge in [-0.3, -0.25) is 13.9 Å². The predicted molar refractivity (Wildman–Crippen MR) is 153 cm³/mol. The smallest absolute Gasteiger partial charge is 0.264 e. The van der Waals surface area contributed by atoms with Crippen LogP contribution in [0.15, 0.2) is 77.7 Å². The van der Waals surface area contributed by atoms with E-state index in [4.69, 9.17) is 4.74 Å². The van der Waals surface area contributed by atoms with E-state index in [2.05, 4.69) is 5.32 Å². The van der Waals surface area contributed by atoms with Gasteiger partial charge < -0.3 is 15.0 Å². The van der Waals surface area contributed by atoms with Crippen molar-refractivity contribution in [1.82, 2.24) is 10.2 Å². The van der Waals surface area contributed by atoms with Crippen LogP contribution in [0, 0.1) is 11.6 Å². The summed E-state index contributed by atoms with van der Waals surface area (Å²) in [5.41, 5.74) is 0.609. The molecule has 0 aliphatic carbocycles. The molecule has 0 bridgehead atoms. The maximum Gasteiger partial charge on any atom is 0.264 e. The lowest BCUT2D eigenvalue weighted by Gasteiger charge is -2.32. The molecule has 2 atom stereocenters. The molecule has 0 heterocycles. The monoisotopic (exact) mass is 587 g/mol. The second-order valence-electron chi connectivity index (χ2n) is 9.53. The standard InChI is InChI=1S/C30H35F2N3O5S/c1-5-21(3)33-30(37)22(4)34(19-23-7-9-24(31)10-8-23)29(36)20-35(26-13-11-25(32)12-14-26)41(38,39)28-17-15-27(16-18-28)40-6-2/h7-18,21-22H,5-6,19-20H2,1-4H3,(H,33,37)/t21-,22+/m1/s1. The second kappa shape index (κ2) is 14.1. The number of hydrogen-bond donors (Lipinski definition) is 1. The topological polar surface area (TPSA) is 96.0 Å². The molecule has 0 unspecified atom stereocenters. The molecule has 1 N–H and O–H groups in total. The number of rotatable bonds is 13. The highest BCUT2D eigenvalue weighted by Crippen LogP contribution is 2.26. The van der Waals surface area contributed by atoms with Crippen molar-refractivity contribution in [3.63, 3.8) is 0 Å². The van der Waals surface area contributed by atoms with Crippen LogP contribution in [0.5, 0.6) is 5.75 Å². The Labute approximate surface area is 240 Å². The minimum Gasteiger partial charge on any atom is -0.494 e. The number of halogens is 2. The van der Waals surface area contributed by atoms with Gasteiger partial charge in [0.25, 0.3) is 10.0 Å². The summed E-state index contributed by atoms with van der Waals surface area (Å²) in [5.74, 6) is -1.66. The van der Waals surface area contributed by atoms with Crippen LogP contribution in [0.3, 0.4) is 0 Å². The number of nitrogens with zero attached hydrogens (tertiary/aromatic N) is 2. The third-order valence-electron chi connectivity index (χ3n) is 6.55. The van der Waals surface area contributed by atoms with Crippen molar-refractivity contribution >= 4 is 27.5 Å². The van der Waals surface area contributed by atoms with Gasteiger partial charge in [-0.25, -0.2) is 17.2 Å². The number of nitrogens with one attached hydrogen (secondary N) is 1. The molecule has 0 aliphatic heterocycles. The number of carbonyl (C=O) groups is 2. The number of anilines is 1. The lowest BCUT2D eigenvalue weighted by molar-refractivity contribution is -0.139. The van der Waals surface area contributed by atoms with E-state index in [1.165, 1.54) is 65.6 Å². The van der Waals surface area contributed by atoms with Crippen molar-refractivity contribution in [2.45, 2.75) is 57.6 Å². The normalized spacial score (nSPS) is 12.7. The van der Waals surface area contributed by atoms with E-state index < -0.39 is 46.1 Å². The summed E-state index contributed by atoms with van der Waals surface area (Å²) in [6.45, 7) is 6.73. The zero-order valence-electron chi connectivity index (χ0n) is 23.5. The highest BCUT2D eigenvalue weighted by Gasteiger charge is 2.33. The van der Waals surface area contributed by atoms with E-state index >= 15 is 0 Å². The summed E-state index contributed by atoms with van der Waals surface area (Å²) >= 11 is 0. The third kappa shape index (κ3) is 8.26. The molecule has 0 aromatic heterocycles. The average Bonchev–Trinajstić information content (AvgIpc) is 2.96. The summed E-state index contributed by atoms with van der Waals surface area (Å²) in [4.78, 5) is 28.0. The van der Waals surface area contributed by atoms with Crippen LogP contribution in [-0.4, -0.2) is 50.4 Å². The van der Waals surface area contributed by atoms with E-state index in [1.807, 2.05) is 13.8 Å². The van der Waals surface area contributed by atoms with Gasteiger partial charge in [0.05, 0.1) is 17.2 Å². The molecule has 0 aliphatic rings. The van der Waals surface area contributed by atoms with Gasteiger partial charge in [-0.05, 0) is 93.4 Å². The quantitative estimate of drug-likeness (QED) is 0.307. The summed E-state index contributed by atoms with van der Waals surface area (Å²) in [7, 11) is -4.32. The Morgan fingerprint density at radius 1 is 0.878 bits per heavy atom. The molecule has 0 spiro atoms. The fourth-order valence-corrected chi connectivity index (χ4v) is 5.39. The van der Waals surface area contributed by atoms with Gasteiger partial charge >= 0.3 is 0 Å². The molecule has 0 saturated carbocycles. The Morgan fingerprint density at radius 3 is 1.98 bits per heavy atom. The summed E-state index contributed by atoms with van der Waals surface area (Å²) in [6, 6.07) is 14.8. The van der Waals surface area contributed by atoms with Crippen molar-refractivity contribution in [2.75, 3.05) is 17.5 Å². The maximum atomic E-state index is 13.9. The Morgan fingerprint density at radius 2 is 1.44 bits per heavy atom. The highest BCUT2D eigenvalue weighted by molar-refractivity contribution is 7.92. The first-order valence-electron chi connectivity index (χ1n) is 13.3. The number of amides is 2. The lowest BCUT2D eigenvalue weighted by atomic mass is 10.1. The molecule has 220 valence electrons. The van der Waals surface area contributed by atoms with Crippen LogP contribution in [0.1, 0.15) is 39.7 Å². The molecule has 8 nitrogen and oxygen atoms in total. The van der Waals surface area contributed by atoms with E-state index in [-0.39, 0.29) is 23.2 Å². The van der Waals surface area contributed by atoms with Gasteiger partial charge in [-0.2, -0.15) is 0 Å². The van der Waals surface area contributed by atoms with Crippen LogP contribution in [0.2, 0.25) is 0 Å². The molecule has 3 aromatic carbocycles. The molecule has 3 aromatic rings. The molecule has 0 saturated heterocycles. The van der Waals surface area contributed by atoms with Crippen molar-refractivity contribution in [3.8, 4) is 5.75 Å². The van der Waals surface area contributed by atoms with Gasteiger partial charge in [0.2, 0.25) is 11.8 Å². The Bertz CT molecular complexity index is 1420. The molecular formula is C30H35F2N3O5S. The maximum absolute atomic E-state index is 13.9. The first-order chi connectivity index (χ1) is 19.5. The molecule has 41 heavy (non-hydrogen) atoms. The molecular weight excluding hydrogens is 552 g/mol. The number of benzene rings is 3. The fourth-order valence-electron chi connectivity index (χ4n) is 3.97. The summed E-state index contributed by atoms with van der Waals surface area (Å²) in [6.07, 6.45) is 0.670. The minimum atomic E-state index is -4.32. The number of sulfonamides is 1. The Hall–Kier alpha value is -3.99. The fraction of sp³-hybridized carbons (Fsp3) is 0.333. The van der Waals surface area contributed by atoms with Crippen molar-refractivity contribution in [1.29, 1.82) is 0 Å². The summed E-state index contributed by atoms with van der Waals surface area (Å²) in [5, 5.41) is 2.84. The Balaban J connectivity index is 2.01. The van der Waals surface area contributed by atoms with Gasteiger partial charge in [-0.15, -0.1) is 0 Å². The van der Waals surface area contributed by atoms with Gasteiger partial charge in [0.15, 0.2) is 0 Å². The van der Waals surface area contributed by atoms with Crippen molar-refractivity contribution < 1.29 is 31.5 Å². The zero-order chi connectivity index (χ0) is 30.2. The van der Waals surface area contributed by atoms with Crippen LogP contribution < -0.4 is 14.4 Å². The van der Waals surface area contributed by atoms with E-state index in [0.29, 0.717) is 24.3 Å². The minimum absolute atomic E-state index is 0.0621. The average molecular weight is 588 g/mol. The van der Waals surface area contributed by atoms with Crippen molar-refractivity contribution in [3.05, 3.63) is 90.0 Å². The molecule has 11 heteroatoms. The largest absolute Gasteiger partial charge is 0.494 e. The third-order valence-corrected chi connectivity index (χ3v) is 8.34. The number of ether oxygens (including phenoxy) is 1. The first-order valence-corrected chi connectivity index (χ1v) is 14.8. The summed E-state index contributed by atoms with van der Waals surface area (Å²) < 4.78 is 61.2. The van der Waals surface area contributed by atoms with Gasteiger partial charge in [-0.1, -0.05) is 19.1 Å². The number of carbonyl (C=O) groups excluding carboxylic acids is 2. The van der Waals surface area contributed by atoms with Gasteiger partial charge in [0, 0.05) is 12.6 Å². The van der Waals surface area contributed by atoms with Crippen LogP contribution in [-0.2, 0) is 26.2 Å². The number of hydrogen-bond acceptors (Lipinski definition) is 5. The predicted octanol–water partition coefficient (Wildman–Crippen LogP) is 4.89. The van der Waals surface area contributed by atoms with Gasteiger partial charge in [0.1, 0.15) is 30.0 Å². The van der Waals surface area contributed by atoms with E-state index in [1.54, 1.807) is 13.8 Å². The van der Waals surface area contributed by atoms with E-state index in [0.717, 1.165) is 16.4 Å². The van der Waals surface area contributed by atoms with Crippen molar-refractivity contribution in [2.24, 2.45) is 0 Å². The van der Waals surface area contributed by atoms with Crippen LogP contribution in [0.25, 0.3) is 0 Å². The molecule has 3 rings (SSSR count). The second-order valence-corrected chi connectivity index (χ2v) is 11.4. The van der Waals surface area contributed by atoms with Crippen LogP contribution in [0.4, 0.5) is 14.5 Å². The first kappa shape index (κ1) is 31.5. The molecule has 2 amide bonds.